The first-order valence-corrected chi connectivity index (χ1v) is 4.39. The van der Waals surface area contributed by atoms with E-state index in [0.717, 1.165) is 6.08 Å². The first kappa shape index (κ1) is 10.4. The number of anilines is 1. The predicted molar refractivity (Wildman–Crippen MR) is 54.6 cm³/mol. The quantitative estimate of drug-likeness (QED) is 0.734. The van der Waals surface area contributed by atoms with E-state index in [1.807, 2.05) is 6.92 Å². The SMILES string of the molecule is C=CC(=O)Nc1cccc(F)c1CC. The zero-order valence-corrected chi connectivity index (χ0v) is 8.01. The van der Waals surface area contributed by atoms with E-state index >= 15 is 0 Å². The number of hydrogen-bond donors (Lipinski definition) is 1. The highest BCUT2D eigenvalue weighted by atomic mass is 19.1. The number of benzene rings is 1. The molecule has 1 amide bonds. The molecule has 0 aliphatic rings. The zero-order valence-electron chi connectivity index (χ0n) is 8.01. The summed E-state index contributed by atoms with van der Waals surface area (Å²) in [5.74, 6) is -0.625. The van der Waals surface area contributed by atoms with Crippen molar-refractivity contribution in [1.82, 2.24) is 0 Å². The molecule has 0 aromatic heterocycles. The molecule has 74 valence electrons. The van der Waals surface area contributed by atoms with Crippen molar-refractivity contribution in [2.75, 3.05) is 5.32 Å². The van der Waals surface area contributed by atoms with Gasteiger partial charge < -0.3 is 5.32 Å². The average Bonchev–Trinajstić information content (AvgIpc) is 2.18. The average molecular weight is 193 g/mol. The minimum atomic E-state index is -0.328. The van der Waals surface area contributed by atoms with Gasteiger partial charge in [0.15, 0.2) is 0 Å². The maximum Gasteiger partial charge on any atom is 0.247 e. The van der Waals surface area contributed by atoms with Crippen molar-refractivity contribution in [3.05, 3.63) is 42.2 Å². The van der Waals surface area contributed by atoms with Crippen molar-refractivity contribution < 1.29 is 9.18 Å². The first-order chi connectivity index (χ1) is 6.69. The summed E-state index contributed by atoms with van der Waals surface area (Å²) in [6, 6.07) is 4.61. The van der Waals surface area contributed by atoms with Crippen LogP contribution in [0, 0.1) is 5.82 Å². The van der Waals surface area contributed by atoms with Crippen LogP contribution in [0.25, 0.3) is 0 Å². The minimum Gasteiger partial charge on any atom is -0.322 e. The maximum absolute atomic E-state index is 13.2. The van der Waals surface area contributed by atoms with Gasteiger partial charge in [0, 0.05) is 11.3 Å². The fraction of sp³-hybridized carbons (Fsp3) is 0.182. The Morgan fingerprint density at radius 2 is 2.36 bits per heavy atom. The predicted octanol–water partition coefficient (Wildman–Crippen LogP) is 2.51. The molecule has 0 unspecified atom stereocenters. The molecule has 0 aliphatic carbocycles. The maximum atomic E-state index is 13.2. The lowest BCUT2D eigenvalue weighted by atomic mass is 10.1. The summed E-state index contributed by atoms with van der Waals surface area (Å²) in [6.45, 7) is 5.16. The van der Waals surface area contributed by atoms with Crippen LogP contribution in [0.1, 0.15) is 12.5 Å². The number of carbonyl (C=O) groups is 1. The molecule has 0 spiro atoms. The Morgan fingerprint density at radius 1 is 1.64 bits per heavy atom. The number of hydrogen-bond acceptors (Lipinski definition) is 1. The van der Waals surface area contributed by atoms with Crippen LogP contribution in [0.15, 0.2) is 30.9 Å². The van der Waals surface area contributed by atoms with Crippen molar-refractivity contribution in [1.29, 1.82) is 0 Å². The molecule has 0 fully saturated rings. The summed E-state index contributed by atoms with van der Waals surface area (Å²) in [4.78, 5) is 11.0. The second-order valence-electron chi connectivity index (χ2n) is 2.81. The van der Waals surface area contributed by atoms with Crippen LogP contribution in [-0.4, -0.2) is 5.91 Å². The van der Waals surface area contributed by atoms with Crippen LogP contribution in [-0.2, 0) is 11.2 Å². The third kappa shape index (κ3) is 2.19. The highest BCUT2D eigenvalue weighted by molar-refractivity contribution is 5.99. The van der Waals surface area contributed by atoms with Gasteiger partial charge in [-0.1, -0.05) is 19.6 Å². The molecule has 0 atom stereocenters. The first-order valence-electron chi connectivity index (χ1n) is 4.39. The van der Waals surface area contributed by atoms with Crippen LogP contribution in [0.4, 0.5) is 10.1 Å². The number of halogens is 1. The van der Waals surface area contributed by atoms with Gasteiger partial charge in [-0.05, 0) is 24.6 Å². The molecule has 14 heavy (non-hydrogen) atoms. The highest BCUT2D eigenvalue weighted by Gasteiger charge is 2.07. The summed E-state index contributed by atoms with van der Waals surface area (Å²) < 4.78 is 13.2. The smallest absolute Gasteiger partial charge is 0.247 e. The monoisotopic (exact) mass is 193 g/mol. The Bertz CT molecular complexity index is 360. The molecule has 2 nitrogen and oxygen atoms in total. The summed E-state index contributed by atoms with van der Waals surface area (Å²) >= 11 is 0. The number of carbonyl (C=O) groups excluding carboxylic acids is 1. The molecule has 1 aromatic rings. The van der Waals surface area contributed by atoms with E-state index in [2.05, 4.69) is 11.9 Å². The van der Waals surface area contributed by atoms with Gasteiger partial charge in [-0.15, -0.1) is 0 Å². The Labute approximate surface area is 82.4 Å². The number of nitrogens with one attached hydrogen (secondary N) is 1. The second-order valence-corrected chi connectivity index (χ2v) is 2.81. The van der Waals surface area contributed by atoms with E-state index in [1.54, 1.807) is 12.1 Å². The lowest BCUT2D eigenvalue weighted by Crippen LogP contribution is -2.09. The summed E-state index contributed by atoms with van der Waals surface area (Å²) in [5.41, 5.74) is 1.03. The Hall–Kier alpha value is -1.64. The van der Waals surface area contributed by atoms with Gasteiger partial charge in [0.2, 0.25) is 5.91 Å². The molecule has 0 saturated heterocycles. The van der Waals surface area contributed by atoms with Crippen LogP contribution < -0.4 is 5.32 Å². The van der Waals surface area contributed by atoms with E-state index < -0.39 is 0 Å². The lowest BCUT2D eigenvalue weighted by Gasteiger charge is -2.08. The van der Waals surface area contributed by atoms with Gasteiger partial charge in [0.05, 0.1) is 0 Å². The van der Waals surface area contributed by atoms with E-state index in [0.29, 0.717) is 17.7 Å². The van der Waals surface area contributed by atoms with E-state index in [-0.39, 0.29) is 11.7 Å². The van der Waals surface area contributed by atoms with E-state index in [1.165, 1.54) is 6.07 Å². The Kier molecular flexibility index (Phi) is 3.40. The van der Waals surface area contributed by atoms with Gasteiger partial charge >= 0.3 is 0 Å². The molecule has 0 heterocycles. The lowest BCUT2D eigenvalue weighted by molar-refractivity contribution is -0.111. The van der Waals surface area contributed by atoms with E-state index in [9.17, 15) is 9.18 Å². The molecule has 1 N–H and O–H groups in total. The molecule has 0 radical (unpaired) electrons. The molecule has 1 aromatic carbocycles. The van der Waals surface area contributed by atoms with Gasteiger partial charge in [-0.3, -0.25) is 4.79 Å². The van der Waals surface area contributed by atoms with Gasteiger partial charge in [0.25, 0.3) is 0 Å². The van der Waals surface area contributed by atoms with E-state index in [4.69, 9.17) is 0 Å². The van der Waals surface area contributed by atoms with Crippen LogP contribution in [0.2, 0.25) is 0 Å². The molecule has 1 rings (SSSR count). The molecular formula is C11H12FNO. The van der Waals surface area contributed by atoms with Crippen molar-refractivity contribution in [2.45, 2.75) is 13.3 Å². The van der Waals surface area contributed by atoms with Crippen LogP contribution >= 0.6 is 0 Å². The van der Waals surface area contributed by atoms with Crippen LogP contribution in [0.5, 0.6) is 0 Å². The number of rotatable bonds is 3. The zero-order chi connectivity index (χ0) is 10.6. The topological polar surface area (TPSA) is 29.1 Å². The van der Waals surface area contributed by atoms with Gasteiger partial charge in [-0.25, -0.2) is 4.39 Å². The van der Waals surface area contributed by atoms with Crippen molar-refractivity contribution in [2.24, 2.45) is 0 Å². The minimum absolute atomic E-state index is 0.297. The second kappa shape index (κ2) is 4.56. The fourth-order valence-electron chi connectivity index (χ4n) is 1.22. The van der Waals surface area contributed by atoms with Crippen molar-refractivity contribution in [3.8, 4) is 0 Å². The van der Waals surface area contributed by atoms with Gasteiger partial charge in [0.1, 0.15) is 5.82 Å². The number of amides is 1. The van der Waals surface area contributed by atoms with Gasteiger partial charge in [-0.2, -0.15) is 0 Å². The largest absolute Gasteiger partial charge is 0.322 e. The standard InChI is InChI=1S/C11H12FNO/c1-3-8-9(12)6-5-7-10(8)13-11(14)4-2/h4-7H,2-3H2,1H3,(H,13,14). The summed E-state index contributed by atoms with van der Waals surface area (Å²) in [6.07, 6.45) is 1.70. The summed E-state index contributed by atoms with van der Waals surface area (Å²) in [7, 11) is 0. The Balaban J connectivity index is 3.01. The molecule has 0 saturated carbocycles. The molecular weight excluding hydrogens is 181 g/mol. The third-order valence-corrected chi connectivity index (χ3v) is 1.92. The van der Waals surface area contributed by atoms with Crippen molar-refractivity contribution in [3.63, 3.8) is 0 Å². The normalized spacial score (nSPS) is 9.57. The summed E-state index contributed by atoms with van der Waals surface area (Å²) in [5, 5.41) is 2.55. The molecule has 0 aliphatic heterocycles. The highest BCUT2D eigenvalue weighted by Crippen LogP contribution is 2.19. The molecule has 3 heteroatoms. The third-order valence-electron chi connectivity index (χ3n) is 1.92. The Morgan fingerprint density at radius 3 is 2.93 bits per heavy atom. The van der Waals surface area contributed by atoms with Crippen LogP contribution in [0.3, 0.4) is 0 Å². The fourth-order valence-corrected chi connectivity index (χ4v) is 1.22. The van der Waals surface area contributed by atoms with Crippen molar-refractivity contribution >= 4 is 11.6 Å². The molecule has 0 bridgehead atoms.